The number of esters is 1. The Morgan fingerprint density at radius 2 is 1.90 bits per heavy atom. The van der Waals surface area contributed by atoms with Crippen LogP contribution in [0.25, 0.3) is 11.1 Å². The highest BCUT2D eigenvalue weighted by atomic mass is 35.5. The van der Waals surface area contributed by atoms with Gasteiger partial charge >= 0.3 is 5.97 Å². The highest BCUT2D eigenvalue weighted by Gasteiger charge is 2.24. The summed E-state index contributed by atoms with van der Waals surface area (Å²) in [5.41, 5.74) is 2.97. The minimum Gasteiger partial charge on any atom is -0.483 e. The van der Waals surface area contributed by atoms with E-state index in [0.29, 0.717) is 38.7 Å². The average molecular weight is 597 g/mol. The molecular weight excluding hydrogens is 568 g/mol. The third-order valence-electron chi connectivity index (χ3n) is 5.99. The van der Waals surface area contributed by atoms with Crippen LogP contribution < -0.4 is 10.1 Å². The summed E-state index contributed by atoms with van der Waals surface area (Å²) in [6.45, 7) is 8.31. The van der Waals surface area contributed by atoms with Crippen LogP contribution in [0.15, 0.2) is 71.7 Å². The van der Waals surface area contributed by atoms with E-state index in [2.05, 4.69) is 29.0 Å². The van der Waals surface area contributed by atoms with Crippen molar-refractivity contribution in [1.29, 1.82) is 0 Å². The fraction of sp³-hybridized carbons (Fsp3) is 0.241. The molecule has 208 valence electrons. The maximum absolute atomic E-state index is 12.9. The number of hydrogen-bond acceptors (Lipinski definition) is 8. The van der Waals surface area contributed by atoms with Crippen molar-refractivity contribution in [2.24, 2.45) is 0 Å². The molecule has 40 heavy (non-hydrogen) atoms. The Bertz CT molecular complexity index is 1480. The zero-order valence-electron chi connectivity index (χ0n) is 22.3. The van der Waals surface area contributed by atoms with Gasteiger partial charge in [-0.15, -0.1) is 28.1 Å². The van der Waals surface area contributed by atoms with E-state index in [1.165, 1.54) is 35.8 Å². The Labute approximate surface area is 246 Å². The molecule has 0 spiro atoms. The molecule has 0 fully saturated rings. The normalized spacial score (nSPS) is 11.6. The zero-order chi connectivity index (χ0) is 28.6. The lowest BCUT2D eigenvalue weighted by Crippen LogP contribution is -2.17. The molecule has 2 aromatic carbocycles. The number of allylic oxidation sites excluding steroid dienone is 1. The second-order valence-electron chi connectivity index (χ2n) is 8.69. The summed E-state index contributed by atoms with van der Waals surface area (Å²) in [7, 11) is 1.31. The van der Waals surface area contributed by atoms with Crippen molar-refractivity contribution in [2.45, 2.75) is 38.1 Å². The number of methoxy groups -OCH3 is 1. The summed E-state index contributed by atoms with van der Waals surface area (Å²) in [6.07, 6.45) is 2.33. The molecule has 0 aliphatic heterocycles. The van der Waals surface area contributed by atoms with Crippen molar-refractivity contribution in [3.63, 3.8) is 0 Å². The number of anilines is 1. The standard InChI is InChI=1S/C29H29ClN4O4S2/c1-5-15-34-26(18(3)38-22-13-7-19(6-2)8-14-22)32-33-29(34)40-17-24(35)31-27-25(28(36)37-4)23(16-39-27)20-9-11-21(30)12-10-20/h5,7-14,16,18H,1,6,15,17H2,2-4H3,(H,31,35). The van der Waals surface area contributed by atoms with E-state index in [9.17, 15) is 9.59 Å². The van der Waals surface area contributed by atoms with Crippen LogP contribution in [0.5, 0.6) is 5.75 Å². The van der Waals surface area contributed by atoms with Crippen molar-refractivity contribution in [3.8, 4) is 16.9 Å². The van der Waals surface area contributed by atoms with E-state index < -0.39 is 5.97 Å². The molecule has 1 atom stereocenters. The van der Waals surface area contributed by atoms with Crippen molar-refractivity contribution >= 4 is 51.6 Å². The number of halogens is 1. The number of aromatic nitrogens is 3. The van der Waals surface area contributed by atoms with Crippen LogP contribution in [0.2, 0.25) is 5.02 Å². The minimum atomic E-state index is -0.539. The van der Waals surface area contributed by atoms with Gasteiger partial charge in [-0.3, -0.25) is 9.36 Å². The largest absolute Gasteiger partial charge is 0.483 e. The Hall–Kier alpha value is -3.60. The van der Waals surface area contributed by atoms with Gasteiger partial charge in [-0.25, -0.2) is 4.79 Å². The zero-order valence-corrected chi connectivity index (χ0v) is 24.7. The lowest BCUT2D eigenvalue weighted by Gasteiger charge is -2.16. The number of ether oxygens (including phenoxy) is 2. The van der Waals surface area contributed by atoms with Crippen LogP contribution in [0.4, 0.5) is 5.00 Å². The molecule has 0 saturated heterocycles. The van der Waals surface area contributed by atoms with Gasteiger partial charge in [0.2, 0.25) is 5.91 Å². The van der Waals surface area contributed by atoms with Crippen molar-refractivity contribution < 1.29 is 19.1 Å². The van der Waals surface area contributed by atoms with Gasteiger partial charge in [0.15, 0.2) is 17.1 Å². The lowest BCUT2D eigenvalue weighted by molar-refractivity contribution is -0.113. The van der Waals surface area contributed by atoms with Crippen LogP contribution in [0, 0.1) is 0 Å². The average Bonchev–Trinajstić information content (AvgIpc) is 3.56. The van der Waals surface area contributed by atoms with Gasteiger partial charge in [0.1, 0.15) is 16.3 Å². The van der Waals surface area contributed by atoms with E-state index in [-0.39, 0.29) is 17.8 Å². The molecule has 1 amide bonds. The van der Waals surface area contributed by atoms with Gasteiger partial charge < -0.3 is 14.8 Å². The summed E-state index contributed by atoms with van der Waals surface area (Å²) >= 11 is 8.50. The summed E-state index contributed by atoms with van der Waals surface area (Å²) in [5.74, 6) is 0.582. The molecule has 0 aliphatic rings. The van der Waals surface area contributed by atoms with Crippen LogP contribution in [0.3, 0.4) is 0 Å². The van der Waals surface area contributed by atoms with Crippen LogP contribution in [-0.2, 0) is 22.5 Å². The molecule has 1 unspecified atom stereocenters. The van der Waals surface area contributed by atoms with Crippen LogP contribution in [0.1, 0.15) is 41.7 Å². The summed E-state index contributed by atoms with van der Waals surface area (Å²) in [5, 5.41) is 14.8. The molecule has 1 N–H and O–H groups in total. The quantitative estimate of drug-likeness (QED) is 0.106. The Morgan fingerprint density at radius 1 is 1.18 bits per heavy atom. The number of carbonyl (C=O) groups is 2. The number of nitrogens with zero attached hydrogens (tertiary/aromatic N) is 3. The third kappa shape index (κ3) is 6.93. The first-order valence-corrected chi connectivity index (χ1v) is 14.8. The second-order valence-corrected chi connectivity index (χ2v) is 10.9. The number of benzene rings is 2. The Kier molecular flexibility index (Phi) is 10.0. The summed E-state index contributed by atoms with van der Waals surface area (Å²) in [4.78, 5) is 25.6. The first-order valence-electron chi connectivity index (χ1n) is 12.5. The maximum atomic E-state index is 12.9. The smallest absolute Gasteiger partial charge is 0.341 e. The SMILES string of the molecule is C=CCn1c(SCC(=O)Nc2scc(-c3ccc(Cl)cc3)c2C(=O)OC)nnc1C(C)Oc1ccc(CC)cc1. The van der Waals surface area contributed by atoms with Gasteiger partial charge in [-0.1, -0.05) is 60.6 Å². The first-order chi connectivity index (χ1) is 19.3. The van der Waals surface area contributed by atoms with Gasteiger partial charge in [-0.05, 0) is 48.7 Å². The maximum Gasteiger partial charge on any atom is 0.341 e. The summed E-state index contributed by atoms with van der Waals surface area (Å²) < 4.78 is 13.0. The van der Waals surface area contributed by atoms with E-state index in [0.717, 1.165) is 17.7 Å². The number of thiophene rings is 1. The van der Waals surface area contributed by atoms with E-state index >= 15 is 0 Å². The molecular formula is C29H29ClN4O4S2. The fourth-order valence-electron chi connectivity index (χ4n) is 3.96. The monoisotopic (exact) mass is 596 g/mol. The third-order valence-corrected chi connectivity index (χ3v) is 8.10. The molecule has 2 aromatic heterocycles. The second kappa shape index (κ2) is 13.6. The molecule has 0 saturated carbocycles. The van der Waals surface area contributed by atoms with Gasteiger partial charge in [0.25, 0.3) is 0 Å². The lowest BCUT2D eigenvalue weighted by atomic mass is 10.0. The predicted molar refractivity (Wildman–Crippen MR) is 161 cm³/mol. The van der Waals surface area contributed by atoms with Gasteiger partial charge in [-0.2, -0.15) is 0 Å². The molecule has 0 radical (unpaired) electrons. The van der Waals surface area contributed by atoms with Gasteiger partial charge in [0.05, 0.1) is 12.9 Å². The molecule has 8 nitrogen and oxygen atoms in total. The highest BCUT2D eigenvalue weighted by molar-refractivity contribution is 7.99. The molecule has 2 heterocycles. The van der Waals surface area contributed by atoms with Crippen molar-refractivity contribution in [3.05, 3.63) is 88.5 Å². The van der Waals surface area contributed by atoms with Crippen molar-refractivity contribution in [1.82, 2.24) is 14.8 Å². The minimum absolute atomic E-state index is 0.0534. The number of aryl methyl sites for hydroxylation is 1. The topological polar surface area (TPSA) is 95.3 Å². The van der Waals surface area contributed by atoms with Gasteiger partial charge in [0, 0.05) is 22.5 Å². The predicted octanol–water partition coefficient (Wildman–Crippen LogP) is 7.07. The first kappa shape index (κ1) is 29.4. The van der Waals surface area contributed by atoms with Crippen LogP contribution >= 0.6 is 34.7 Å². The number of amides is 1. The van der Waals surface area contributed by atoms with E-state index in [4.69, 9.17) is 21.1 Å². The molecule has 4 rings (SSSR count). The van der Waals surface area contributed by atoms with Crippen molar-refractivity contribution in [2.75, 3.05) is 18.2 Å². The number of carbonyl (C=O) groups excluding carboxylic acids is 2. The Balaban J connectivity index is 1.46. The van der Waals surface area contributed by atoms with E-state index in [1.807, 2.05) is 53.3 Å². The number of nitrogens with one attached hydrogen (secondary N) is 1. The van der Waals surface area contributed by atoms with E-state index in [1.54, 1.807) is 18.2 Å². The molecule has 11 heteroatoms. The number of hydrogen-bond donors (Lipinski definition) is 1. The molecule has 0 aliphatic carbocycles. The summed E-state index contributed by atoms with van der Waals surface area (Å²) in [6, 6.07) is 15.1. The molecule has 4 aromatic rings. The number of thioether (sulfide) groups is 1. The van der Waals surface area contributed by atoms with Crippen LogP contribution in [-0.4, -0.2) is 39.5 Å². The molecule has 0 bridgehead atoms. The fourth-order valence-corrected chi connectivity index (χ4v) is 5.81. The number of rotatable bonds is 12. The Morgan fingerprint density at radius 3 is 2.55 bits per heavy atom. The highest BCUT2D eigenvalue weighted by Crippen LogP contribution is 2.37.